The number of hydrogen-bond donors (Lipinski definition) is 2. The van der Waals surface area contributed by atoms with Crippen molar-refractivity contribution in [1.82, 2.24) is 9.97 Å². The van der Waals surface area contributed by atoms with Crippen LogP contribution in [0.5, 0.6) is 5.88 Å². The predicted molar refractivity (Wildman–Crippen MR) is 65.5 cm³/mol. The number of nitrogens with zero attached hydrogens (tertiary/aromatic N) is 2. The highest BCUT2D eigenvalue weighted by Crippen LogP contribution is 2.17. The van der Waals surface area contributed by atoms with Crippen LogP contribution < -0.4 is 5.56 Å². The molecule has 0 aliphatic heterocycles. The molecule has 2 aromatic heterocycles. The number of aromatic amines is 1. The minimum atomic E-state index is -1.02. The first-order valence-corrected chi connectivity index (χ1v) is 5.19. The number of rotatable bonds is 3. The summed E-state index contributed by atoms with van der Waals surface area (Å²) >= 11 is 0. The average Bonchev–Trinajstić information content (AvgIpc) is 2.71. The molecule has 0 fully saturated rings. The predicted octanol–water partition coefficient (Wildman–Crippen LogP) is 1.46. The molecule has 19 heavy (non-hydrogen) atoms. The monoisotopic (exact) mass is 263 g/mol. The first-order chi connectivity index (χ1) is 8.97. The lowest BCUT2D eigenvalue weighted by Crippen LogP contribution is -2.14. The second-order valence-electron chi connectivity index (χ2n) is 3.66. The van der Waals surface area contributed by atoms with E-state index < -0.39 is 22.0 Å². The van der Waals surface area contributed by atoms with E-state index in [4.69, 9.17) is 4.42 Å². The number of nitrogens with one attached hydrogen (secondary N) is 1. The van der Waals surface area contributed by atoms with Crippen molar-refractivity contribution in [2.45, 2.75) is 6.92 Å². The zero-order valence-corrected chi connectivity index (χ0v) is 9.78. The highest BCUT2D eigenvalue weighted by atomic mass is 16.6. The van der Waals surface area contributed by atoms with Crippen molar-refractivity contribution in [1.29, 1.82) is 0 Å². The zero-order valence-electron chi connectivity index (χ0n) is 9.78. The van der Waals surface area contributed by atoms with Gasteiger partial charge in [0.2, 0.25) is 0 Å². The minimum Gasteiger partial charge on any atom is -0.488 e. The molecule has 0 aliphatic rings. The summed E-state index contributed by atoms with van der Waals surface area (Å²) in [6.45, 7) is 1.77. The first-order valence-electron chi connectivity index (χ1n) is 5.19. The van der Waals surface area contributed by atoms with E-state index in [0.29, 0.717) is 11.5 Å². The van der Waals surface area contributed by atoms with Crippen molar-refractivity contribution in [2.24, 2.45) is 0 Å². The molecule has 0 aliphatic carbocycles. The Balaban J connectivity index is 2.35. The number of furan rings is 1. The molecule has 8 heteroatoms. The molecule has 2 aromatic rings. The maximum absolute atomic E-state index is 11.4. The van der Waals surface area contributed by atoms with Gasteiger partial charge in [-0.2, -0.15) is 4.98 Å². The van der Waals surface area contributed by atoms with E-state index in [2.05, 4.69) is 9.97 Å². The van der Waals surface area contributed by atoms with Crippen LogP contribution in [0, 0.1) is 17.0 Å². The fourth-order valence-corrected chi connectivity index (χ4v) is 1.42. The molecule has 8 nitrogen and oxygen atoms in total. The molecule has 2 N–H and O–H groups in total. The number of hydrogen-bond acceptors (Lipinski definition) is 6. The van der Waals surface area contributed by atoms with E-state index in [1.807, 2.05) is 0 Å². The smallest absolute Gasteiger partial charge is 0.395 e. The van der Waals surface area contributed by atoms with Gasteiger partial charge in [-0.3, -0.25) is 14.9 Å². The summed E-state index contributed by atoms with van der Waals surface area (Å²) < 4.78 is 5.25. The maximum Gasteiger partial charge on any atom is 0.395 e. The minimum absolute atomic E-state index is 0.0119. The van der Waals surface area contributed by atoms with Gasteiger partial charge in [0.25, 0.3) is 5.88 Å². The van der Waals surface area contributed by atoms with Gasteiger partial charge in [0, 0.05) is 0 Å². The van der Waals surface area contributed by atoms with Crippen molar-refractivity contribution in [3.63, 3.8) is 0 Å². The molecule has 2 rings (SSSR count). The lowest BCUT2D eigenvalue weighted by Gasteiger charge is -1.96. The van der Waals surface area contributed by atoms with Crippen LogP contribution in [0.15, 0.2) is 21.3 Å². The van der Waals surface area contributed by atoms with Gasteiger partial charge in [0.1, 0.15) is 17.3 Å². The maximum atomic E-state index is 11.4. The summed E-state index contributed by atoms with van der Waals surface area (Å²) in [5, 5.41) is 19.8. The molecule has 0 radical (unpaired) electrons. The van der Waals surface area contributed by atoms with Crippen molar-refractivity contribution in [3.8, 4) is 5.88 Å². The fraction of sp³-hybridized carbons (Fsp3) is 0.0909. The number of aryl methyl sites for hydroxylation is 1. The van der Waals surface area contributed by atoms with Gasteiger partial charge < -0.3 is 14.5 Å². The van der Waals surface area contributed by atoms with Crippen molar-refractivity contribution >= 4 is 17.8 Å². The summed E-state index contributed by atoms with van der Waals surface area (Å²) in [5.41, 5.74) is -2.00. The Morgan fingerprint density at radius 1 is 1.47 bits per heavy atom. The fourth-order valence-electron chi connectivity index (χ4n) is 1.42. The quantitative estimate of drug-likeness (QED) is 0.638. The summed E-state index contributed by atoms with van der Waals surface area (Å²) in [7, 11) is 0. The van der Waals surface area contributed by atoms with Gasteiger partial charge in [-0.15, -0.1) is 0 Å². The van der Waals surface area contributed by atoms with E-state index in [9.17, 15) is 20.0 Å². The summed E-state index contributed by atoms with van der Waals surface area (Å²) in [6, 6.07) is 3.46. The number of nitro groups is 1. The lowest BCUT2D eigenvalue weighted by atomic mass is 10.3. The standard InChI is InChI=1S/C11H9N3O5/c1-6-2-3-7(19-6)4-5-8-12-10(15)9(14(17)18)11(16)13-8/h2-5H,1H3,(H2,12,13,15,16). The SMILES string of the molecule is Cc1ccc(C=Cc2nc(O)c([N+](=O)[O-])c(=O)[nH]2)o1. The van der Waals surface area contributed by atoms with Crippen molar-refractivity contribution < 1.29 is 14.4 Å². The van der Waals surface area contributed by atoms with Gasteiger partial charge in [-0.05, 0) is 31.2 Å². The van der Waals surface area contributed by atoms with E-state index in [-0.39, 0.29) is 5.82 Å². The molecular weight excluding hydrogens is 254 g/mol. The molecule has 0 atom stereocenters. The highest BCUT2D eigenvalue weighted by Gasteiger charge is 2.21. The van der Waals surface area contributed by atoms with Crippen LogP contribution >= 0.6 is 0 Å². The third-order valence-electron chi connectivity index (χ3n) is 2.24. The molecule has 0 amide bonds. The van der Waals surface area contributed by atoms with Crippen LogP contribution in [0.1, 0.15) is 17.3 Å². The number of aromatic nitrogens is 2. The second-order valence-corrected chi connectivity index (χ2v) is 3.66. The molecule has 0 bridgehead atoms. The Labute approximate surface area is 106 Å². The lowest BCUT2D eigenvalue weighted by molar-refractivity contribution is -0.387. The van der Waals surface area contributed by atoms with E-state index in [1.54, 1.807) is 19.1 Å². The van der Waals surface area contributed by atoms with Crippen molar-refractivity contribution in [3.05, 3.63) is 49.9 Å². The van der Waals surface area contributed by atoms with E-state index >= 15 is 0 Å². The van der Waals surface area contributed by atoms with Crippen LogP contribution in [-0.4, -0.2) is 20.0 Å². The Hall–Kier alpha value is -2.90. The molecule has 0 saturated heterocycles. The van der Waals surface area contributed by atoms with Gasteiger partial charge in [0.15, 0.2) is 0 Å². The number of H-pyrrole nitrogens is 1. The molecule has 0 aromatic carbocycles. The zero-order chi connectivity index (χ0) is 14.0. The molecule has 0 spiro atoms. The highest BCUT2D eigenvalue weighted by molar-refractivity contribution is 5.64. The van der Waals surface area contributed by atoms with Gasteiger partial charge in [-0.25, -0.2) is 0 Å². The second kappa shape index (κ2) is 4.77. The molecule has 2 heterocycles. The Morgan fingerprint density at radius 3 is 2.74 bits per heavy atom. The topological polar surface area (TPSA) is 122 Å². The Bertz CT molecular complexity index is 713. The van der Waals surface area contributed by atoms with E-state index in [0.717, 1.165) is 0 Å². The van der Waals surface area contributed by atoms with Crippen LogP contribution in [-0.2, 0) is 0 Å². The van der Waals surface area contributed by atoms with Crippen LogP contribution in [0.3, 0.4) is 0 Å². The third-order valence-corrected chi connectivity index (χ3v) is 2.24. The molecule has 0 saturated carbocycles. The van der Waals surface area contributed by atoms with E-state index in [1.165, 1.54) is 12.2 Å². The third kappa shape index (κ3) is 2.68. The Morgan fingerprint density at radius 2 is 2.21 bits per heavy atom. The Kier molecular flexibility index (Phi) is 3.15. The number of aromatic hydroxyl groups is 1. The summed E-state index contributed by atoms with van der Waals surface area (Å²) in [5.74, 6) is 0.303. The first kappa shape index (κ1) is 12.6. The average molecular weight is 263 g/mol. The molecule has 98 valence electrons. The molecule has 0 unspecified atom stereocenters. The summed E-state index contributed by atoms with van der Waals surface area (Å²) in [6.07, 6.45) is 2.87. The van der Waals surface area contributed by atoms with Gasteiger partial charge in [-0.1, -0.05) is 0 Å². The normalized spacial score (nSPS) is 11.0. The van der Waals surface area contributed by atoms with Gasteiger partial charge in [0.05, 0.1) is 4.92 Å². The van der Waals surface area contributed by atoms with Crippen LogP contribution in [0.2, 0.25) is 0 Å². The largest absolute Gasteiger partial charge is 0.488 e. The van der Waals surface area contributed by atoms with Crippen LogP contribution in [0.4, 0.5) is 5.69 Å². The van der Waals surface area contributed by atoms with Gasteiger partial charge >= 0.3 is 11.2 Å². The molecular formula is C11H9N3O5. The van der Waals surface area contributed by atoms with Crippen molar-refractivity contribution in [2.75, 3.05) is 0 Å². The van der Waals surface area contributed by atoms with Crippen LogP contribution in [0.25, 0.3) is 12.2 Å². The summed E-state index contributed by atoms with van der Waals surface area (Å²) in [4.78, 5) is 26.5.